The van der Waals surface area contributed by atoms with Crippen LogP contribution in [0.1, 0.15) is 411 Å². The number of primary amides is 1. The highest BCUT2D eigenvalue weighted by atomic mass is 16.2. The van der Waals surface area contributed by atoms with E-state index in [1.165, 1.54) is 0 Å². The predicted molar refractivity (Wildman–Crippen MR) is 531 cm³/mol. The van der Waals surface area contributed by atoms with E-state index < -0.39 is 48.2 Å². The fourth-order valence-electron chi connectivity index (χ4n) is 15.8. The second-order valence-electron chi connectivity index (χ2n) is 36.3. The molecule has 0 aromatic rings. The maximum atomic E-state index is 13.4. The quantitative estimate of drug-likeness (QED) is 0.0257. The van der Waals surface area contributed by atoms with Crippen molar-refractivity contribution in [2.75, 3.05) is 85.1 Å². The number of nitrogens with two attached hydrogens (primary N) is 8. The van der Waals surface area contributed by atoms with Crippen LogP contribution >= 0.6 is 0 Å². The fourth-order valence-corrected chi connectivity index (χ4v) is 15.8. The molecule has 0 aromatic carbocycles. The fraction of sp³-hybridized carbons (Fsp3) is 0.857. The minimum Gasteiger partial charge on any atom is -0.368 e. The summed E-state index contributed by atoms with van der Waals surface area (Å²) in [6.07, 6.45) is 44.8. The molecule has 0 spiro atoms. The molecule has 7 unspecified atom stereocenters. The third kappa shape index (κ3) is 76.1. The van der Waals surface area contributed by atoms with Gasteiger partial charge in [-0.15, -0.1) is 0 Å². The van der Waals surface area contributed by atoms with E-state index in [1.54, 1.807) is 0 Å². The van der Waals surface area contributed by atoms with Crippen molar-refractivity contribution in [3.05, 3.63) is 0 Å². The summed E-state index contributed by atoms with van der Waals surface area (Å²) in [5.41, 5.74) is 45.4. The minimum absolute atomic E-state index is 0.0860. The number of hydrogen-bond acceptors (Lipinski definition) is 21. The van der Waals surface area contributed by atoms with Gasteiger partial charge in [-0.2, -0.15) is 0 Å². The smallest absolute Gasteiger partial charge is 0.242 e. The molecule has 0 saturated carbocycles. The number of carbonyl (C=O) groups is 14. The van der Waals surface area contributed by atoms with Gasteiger partial charge in [0, 0.05) is 84.2 Å². The molecule has 0 aromatic heterocycles. The summed E-state index contributed by atoms with van der Waals surface area (Å²) in [5, 5.41) is 38.4. The SMILES string of the molecule is CCCCCCCC(=O)NC(CCCCN)C(=O)NCCCCCCCC(=O)NC(CCCCN)C(=O)NCCCCCCCC(=O)NC(CCCCN)C(=O)NCCCCCCCC(=O)NC(CCCCN)C(=O)NCCCCCCCC(=O)NC(CCCCN)C(=O)NCCCCCCCC(=O)NC(CCCCN)C(=O)NCCCCCCCC(=O)NC(CCCCN)C(N)=O. The second kappa shape index (κ2) is 90.8. The van der Waals surface area contributed by atoms with E-state index in [1.807, 2.05) is 0 Å². The van der Waals surface area contributed by atoms with Gasteiger partial charge in [-0.05, 0) is 264 Å². The first-order chi connectivity index (χ1) is 64.5. The van der Waals surface area contributed by atoms with Gasteiger partial charge in [-0.3, -0.25) is 67.1 Å². The largest absolute Gasteiger partial charge is 0.368 e. The van der Waals surface area contributed by atoms with Crippen LogP contribution < -0.4 is 115 Å². The van der Waals surface area contributed by atoms with Crippen LogP contribution in [0.25, 0.3) is 0 Å². The van der Waals surface area contributed by atoms with Crippen LogP contribution in [0, 0.1) is 0 Å². The lowest BCUT2D eigenvalue weighted by atomic mass is 10.1. The molecule has 0 heterocycles. The molecule has 14 amide bonds. The van der Waals surface area contributed by atoms with E-state index in [9.17, 15) is 67.1 Å². The third-order valence-corrected chi connectivity index (χ3v) is 24.0. The molecule has 133 heavy (non-hydrogen) atoms. The average Bonchev–Trinajstić information content (AvgIpc) is 0.941. The predicted octanol–water partition coefficient (Wildman–Crippen LogP) is 7.87. The molecule has 29 N–H and O–H groups in total. The highest BCUT2D eigenvalue weighted by molar-refractivity contribution is 5.91. The lowest BCUT2D eigenvalue weighted by Gasteiger charge is -2.19. The number of hydrogen-bond donors (Lipinski definition) is 21. The van der Waals surface area contributed by atoms with E-state index in [-0.39, 0.29) is 96.1 Å². The molecule has 0 fully saturated rings. The highest BCUT2D eigenvalue weighted by Gasteiger charge is 2.27. The van der Waals surface area contributed by atoms with Crippen molar-refractivity contribution in [3.8, 4) is 0 Å². The molecule has 0 bridgehead atoms. The molecule has 0 aliphatic rings. The van der Waals surface area contributed by atoms with Gasteiger partial charge in [0.1, 0.15) is 42.3 Å². The molecule has 0 aliphatic heterocycles. The normalized spacial score (nSPS) is 12.8. The minimum atomic E-state index is -0.685. The first-order valence-corrected chi connectivity index (χ1v) is 52.5. The first-order valence-electron chi connectivity index (χ1n) is 52.5. The molecule has 772 valence electrons. The molecule has 35 nitrogen and oxygen atoms in total. The monoisotopic (exact) mass is 1890 g/mol. The molecule has 35 heteroatoms. The maximum absolute atomic E-state index is 13.4. The summed E-state index contributed by atoms with van der Waals surface area (Å²) >= 11 is 0. The van der Waals surface area contributed by atoms with E-state index in [4.69, 9.17) is 45.9 Å². The van der Waals surface area contributed by atoms with Gasteiger partial charge in [0.2, 0.25) is 82.7 Å². The van der Waals surface area contributed by atoms with Crippen LogP contribution in [0.5, 0.6) is 0 Å². The van der Waals surface area contributed by atoms with Crippen molar-refractivity contribution in [3.63, 3.8) is 0 Å². The Bertz CT molecular complexity index is 3000. The van der Waals surface area contributed by atoms with Crippen molar-refractivity contribution >= 4 is 82.7 Å². The van der Waals surface area contributed by atoms with Crippen molar-refractivity contribution < 1.29 is 67.1 Å². The van der Waals surface area contributed by atoms with E-state index >= 15 is 0 Å². The van der Waals surface area contributed by atoms with Crippen molar-refractivity contribution in [1.82, 2.24) is 69.1 Å². The first kappa shape index (κ1) is 125. The van der Waals surface area contributed by atoms with Gasteiger partial charge < -0.3 is 115 Å². The second-order valence-corrected chi connectivity index (χ2v) is 36.3. The summed E-state index contributed by atoms with van der Waals surface area (Å²) in [7, 11) is 0. The Morgan fingerprint density at radius 2 is 0.308 bits per heavy atom. The number of unbranched alkanes of at least 4 members (excludes halogenated alkanes) is 35. The van der Waals surface area contributed by atoms with Gasteiger partial charge in [0.25, 0.3) is 0 Å². The topological polar surface area (TPSA) is 604 Å². The standard InChI is InChI=1S/C98H191N21O14/c1-2-3-4-11-24-59-86(121)114-79(52-32-39-66-100)93(128)107-73-46-19-6-13-26-61-88(123)116-81(54-34-41-68-102)95(130)109-75-48-21-8-15-28-63-90(125)118-83(56-36-43-70-104)97(132)111-77-50-23-10-17-30-64-91(126)119-84(57-37-44-71-105)98(133)112-76-49-22-9-16-29-62-89(124)117-82(55-35-42-69-103)96(131)110-74-47-20-7-14-27-60-87(122)115-80(53-33-40-67-101)94(129)108-72-45-18-5-12-25-58-85(120)113-78(92(106)127)51-31-38-65-99/h78-84H,2-77,99-105H2,1H3,(H2,106,127)(H,107,128)(H,108,129)(H,109,130)(H,110,131)(H,111,132)(H,112,133)(H,113,120)(H,114,121)(H,115,122)(H,116,123)(H,117,124)(H,118,125)(H,119,126). The lowest BCUT2D eigenvalue weighted by molar-refractivity contribution is -0.129. The zero-order valence-electron chi connectivity index (χ0n) is 82.6. The molecular weight excluding hydrogens is 1700 g/mol. The summed E-state index contributed by atoms with van der Waals surface area (Å²) < 4.78 is 0. The van der Waals surface area contributed by atoms with E-state index in [0.717, 1.165) is 238 Å². The Morgan fingerprint density at radius 3 is 0.459 bits per heavy atom. The van der Waals surface area contributed by atoms with Gasteiger partial charge >= 0.3 is 0 Å². The molecule has 0 aliphatic carbocycles. The van der Waals surface area contributed by atoms with Crippen LogP contribution in [-0.2, 0) is 67.1 Å². The van der Waals surface area contributed by atoms with Crippen LogP contribution in [0.15, 0.2) is 0 Å². The van der Waals surface area contributed by atoms with Gasteiger partial charge in [-0.1, -0.05) is 148 Å². The van der Waals surface area contributed by atoms with Crippen molar-refractivity contribution in [2.45, 2.75) is 454 Å². The number of rotatable bonds is 96. The number of carbonyl (C=O) groups excluding carboxylic acids is 14. The molecule has 0 radical (unpaired) electrons. The van der Waals surface area contributed by atoms with Gasteiger partial charge in [0.15, 0.2) is 0 Å². The van der Waals surface area contributed by atoms with Gasteiger partial charge in [0.05, 0.1) is 0 Å². The molecule has 7 atom stereocenters. The van der Waals surface area contributed by atoms with Crippen LogP contribution in [0.4, 0.5) is 0 Å². The Hall–Kier alpha value is -7.70. The maximum Gasteiger partial charge on any atom is 0.242 e. The van der Waals surface area contributed by atoms with Crippen molar-refractivity contribution in [1.29, 1.82) is 0 Å². The third-order valence-electron chi connectivity index (χ3n) is 24.0. The molecular formula is C98H191N21O14. The van der Waals surface area contributed by atoms with Gasteiger partial charge in [-0.25, -0.2) is 0 Å². The Morgan fingerprint density at radius 1 is 0.173 bits per heavy atom. The number of nitrogens with one attached hydrogen (secondary N) is 13. The summed E-state index contributed by atoms with van der Waals surface area (Å²) in [6, 6.07) is -4.55. The van der Waals surface area contributed by atoms with E-state index in [0.29, 0.717) is 233 Å². The van der Waals surface area contributed by atoms with Crippen LogP contribution in [0.2, 0.25) is 0 Å². The Balaban J connectivity index is 4.66. The molecule has 0 rings (SSSR count). The zero-order chi connectivity index (χ0) is 98.1. The van der Waals surface area contributed by atoms with Crippen LogP contribution in [-0.4, -0.2) is 210 Å². The van der Waals surface area contributed by atoms with Crippen LogP contribution in [0.3, 0.4) is 0 Å². The summed E-state index contributed by atoms with van der Waals surface area (Å²) in [4.78, 5) is 182. The summed E-state index contributed by atoms with van der Waals surface area (Å²) in [6.45, 7) is 8.45. The zero-order valence-corrected chi connectivity index (χ0v) is 82.6. The lowest BCUT2D eigenvalue weighted by Crippen LogP contribution is -2.47. The summed E-state index contributed by atoms with van der Waals surface area (Å²) in [5.74, 6) is -2.98. The Kier molecular flexibility index (Phi) is 85.5. The molecule has 0 saturated heterocycles. The Labute approximate surface area is 799 Å². The highest BCUT2D eigenvalue weighted by Crippen LogP contribution is 2.17. The number of amides is 14. The van der Waals surface area contributed by atoms with E-state index in [2.05, 4.69) is 76.0 Å². The van der Waals surface area contributed by atoms with Crippen molar-refractivity contribution in [2.24, 2.45) is 45.9 Å². The average molecular weight is 1890 g/mol.